The van der Waals surface area contributed by atoms with Gasteiger partial charge in [-0.2, -0.15) is 5.26 Å². The minimum absolute atomic E-state index is 0.0509. The van der Waals surface area contributed by atoms with E-state index in [0.717, 1.165) is 16.8 Å². The molecule has 0 saturated heterocycles. The summed E-state index contributed by atoms with van der Waals surface area (Å²) < 4.78 is 11.5. The smallest absolute Gasteiger partial charge is 0.228 e. The van der Waals surface area contributed by atoms with Gasteiger partial charge in [-0.1, -0.05) is 48.5 Å². The molecule has 2 aliphatic rings. The van der Waals surface area contributed by atoms with Crippen molar-refractivity contribution in [1.82, 2.24) is 0 Å². The predicted molar refractivity (Wildman–Crippen MR) is 113 cm³/mol. The number of ether oxygens (including phenoxy) is 1. The Balaban J connectivity index is 1.77. The average molecular weight is 413 g/mol. The van der Waals surface area contributed by atoms with Gasteiger partial charge in [0.25, 0.3) is 0 Å². The number of anilines is 1. The summed E-state index contributed by atoms with van der Waals surface area (Å²) in [5, 5.41) is 19.7. The predicted octanol–water partition coefficient (Wildman–Crippen LogP) is 2.52. The second-order valence-electron chi connectivity index (χ2n) is 7.61. The molecule has 0 fully saturated rings. The quantitative estimate of drug-likeness (QED) is 0.678. The van der Waals surface area contributed by atoms with Gasteiger partial charge in [-0.25, -0.2) is 0 Å². The van der Waals surface area contributed by atoms with Crippen LogP contribution in [-0.4, -0.2) is 11.7 Å². The number of hydrogen-bond donors (Lipinski definition) is 2. The molecule has 154 valence electrons. The first-order valence-corrected chi connectivity index (χ1v) is 9.83. The number of hydrogen-bond acceptors (Lipinski definition) is 7. The molecular weight excluding hydrogens is 394 g/mol. The van der Waals surface area contributed by atoms with Gasteiger partial charge in [-0.05, 0) is 17.2 Å². The Bertz CT molecular complexity index is 1310. The first kappa shape index (κ1) is 19.0. The van der Waals surface area contributed by atoms with Gasteiger partial charge in [-0.3, -0.25) is 4.79 Å². The Morgan fingerprint density at radius 2 is 1.90 bits per heavy atom. The molecule has 1 spiro atoms. The third-order valence-electron chi connectivity index (χ3n) is 5.84. The van der Waals surface area contributed by atoms with Gasteiger partial charge in [0.15, 0.2) is 5.76 Å². The summed E-state index contributed by atoms with van der Waals surface area (Å²) in [6, 6.07) is 21.0. The lowest BCUT2D eigenvalue weighted by Crippen LogP contribution is -2.42. The third-order valence-corrected chi connectivity index (χ3v) is 5.84. The van der Waals surface area contributed by atoms with Crippen molar-refractivity contribution in [3.05, 3.63) is 105 Å². The van der Waals surface area contributed by atoms with E-state index in [1.54, 1.807) is 0 Å². The second kappa shape index (κ2) is 7.04. The van der Waals surface area contributed by atoms with Crippen LogP contribution in [0.3, 0.4) is 0 Å². The number of para-hydroxylation sites is 1. The first-order valence-electron chi connectivity index (χ1n) is 9.83. The highest BCUT2D eigenvalue weighted by Gasteiger charge is 2.55. The van der Waals surface area contributed by atoms with E-state index in [4.69, 9.17) is 14.9 Å². The van der Waals surface area contributed by atoms with E-state index in [1.165, 1.54) is 6.07 Å². The summed E-state index contributed by atoms with van der Waals surface area (Å²) in [4.78, 5) is 14.9. The molecule has 0 amide bonds. The minimum Gasteiger partial charge on any atom is -0.458 e. The van der Waals surface area contributed by atoms with Crippen molar-refractivity contribution >= 4 is 5.69 Å². The van der Waals surface area contributed by atoms with E-state index in [9.17, 15) is 15.2 Å². The topological polar surface area (TPSA) is 113 Å². The lowest BCUT2D eigenvalue weighted by atomic mass is 9.72. The molecule has 0 bridgehead atoms. The van der Waals surface area contributed by atoms with Crippen molar-refractivity contribution in [1.29, 1.82) is 5.26 Å². The molecule has 1 aromatic heterocycles. The van der Waals surface area contributed by atoms with Gasteiger partial charge < -0.3 is 24.9 Å². The molecule has 3 N–H and O–H groups in total. The van der Waals surface area contributed by atoms with Crippen LogP contribution in [0.4, 0.5) is 5.69 Å². The van der Waals surface area contributed by atoms with Crippen LogP contribution in [0, 0.1) is 11.3 Å². The molecule has 0 saturated carbocycles. The van der Waals surface area contributed by atoms with Crippen molar-refractivity contribution in [3.63, 3.8) is 0 Å². The zero-order valence-corrected chi connectivity index (χ0v) is 16.5. The molecule has 1 unspecified atom stereocenters. The summed E-state index contributed by atoms with van der Waals surface area (Å²) in [7, 11) is 0. The molecule has 7 heteroatoms. The van der Waals surface area contributed by atoms with Gasteiger partial charge in [0.05, 0.1) is 0 Å². The number of nitrogens with zero attached hydrogens (tertiary/aromatic N) is 2. The maximum atomic E-state index is 12.7. The van der Waals surface area contributed by atoms with Crippen molar-refractivity contribution in [3.8, 4) is 11.8 Å². The number of fused-ring (bicyclic) bond motifs is 4. The van der Waals surface area contributed by atoms with E-state index in [2.05, 4.69) is 11.0 Å². The Hall–Kier alpha value is -4.02. The third kappa shape index (κ3) is 2.73. The van der Waals surface area contributed by atoms with Crippen LogP contribution in [0.5, 0.6) is 5.75 Å². The molecule has 7 nitrogen and oxygen atoms in total. The van der Waals surface area contributed by atoms with Crippen molar-refractivity contribution < 1.29 is 14.3 Å². The monoisotopic (exact) mass is 413 g/mol. The molecule has 0 aliphatic carbocycles. The zero-order chi connectivity index (χ0) is 21.6. The Morgan fingerprint density at radius 1 is 1.16 bits per heavy atom. The number of aliphatic hydroxyl groups excluding tert-OH is 1. The first-order chi connectivity index (χ1) is 15.1. The van der Waals surface area contributed by atoms with Gasteiger partial charge >= 0.3 is 0 Å². The zero-order valence-electron chi connectivity index (χ0n) is 16.5. The number of nitrogens with two attached hydrogens (primary N) is 1. The lowest BCUT2D eigenvalue weighted by Gasteiger charge is -2.34. The fourth-order valence-electron chi connectivity index (χ4n) is 4.54. The molecule has 3 aromatic rings. The largest absolute Gasteiger partial charge is 0.458 e. The van der Waals surface area contributed by atoms with Crippen LogP contribution in [0.25, 0.3) is 0 Å². The highest BCUT2D eigenvalue weighted by atomic mass is 16.5. The van der Waals surface area contributed by atoms with Crippen LogP contribution >= 0.6 is 0 Å². The Morgan fingerprint density at radius 3 is 2.65 bits per heavy atom. The van der Waals surface area contributed by atoms with Crippen LogP contribution in [0.2, 0.25) is 0 Å². The normalized spacial score (nSPS) is 19.0. The number of benzene rings is 2. The Kier molecular flexibility index (Phi) is 4.31. The maximum Gasteiger partial charge on any atom is 0.228 e. The maximum absolute atomic E-state index is 12.7. The molecule has 5 rings (SSSR count). The summed E-state index contributed by atoms with van der Waals surface area (Å²) in [5.74, 6) is 0.127. The molecular formula is C24H19N3O4. The summed E-state index contributed by atoms with van der Waals surface area (Å²) in [6.45, 7) is 0.479. The highest BCUT2D eigenvalue weighted by Crippen LogP contribution is 2.54. The number of rotatable bonds is 3. The van der Waals surface area contributed by atoms with E-state index < -0.39 is 17.5 Å². The fraction of sp³-hybridized carbons (Fsp3) is 0.167. The Labute approximate surface area is 178 Å². The highest BCUT2D eigenvalue weighted by molar-refractivity contribution is 5.73. The molecule has 0 radical (unpaired) electrons. The van der Waals surface area contributed by atoms with Crippen LogP contribution in [0.15, 0.2) is 81.3 Å². The summed E-state index contributed by atoms with van der Waals surface area (Å²) in [5.41, 5.74) is 7.56. The second-order valence-corrected chi connectivity index (χ2v) is 7.61. The standard InChI is InChI=1S/C24H19N3O4/c25-11-18-23(26)31-21-20(29)10-16(13-28)30-22(21)24(18)14-27(12-15-6-2-1-3-7-15)19-9-5-4-8-17(19)24/h1-10,28H,12-14,26H2. The van der Waals surface area contributed by atoms with Crippen LogP contribution in [0.1, 0.15) is 22.6 Å². The average Bonchev–Trinajstić information content (AvgIpc) is 3.10. The number of aliphatic hydroxyl groups is 1. The summed E-state index contributed by atoms with van der Waals surface area (Å²) >= 11 is 0. The molecule has 3 heterocycles. The van der Waals surface area contributed by atoms with Crippen LogP contribution in [-0.2, 0) is 18.6 Å². The van der Waals surface area contributed by atoms with E-state index >= 15 is 0 Å². The van der Waals surface area contributed by atoms with E-state index in [1.807, 2.05) is 54.6 Å². The van der Waals surface area contributed by atoms with E-state index in [-0.39, 0.29) is 28.7 Å². The molecule has 1 atom stereocenters. The number of nitriles is 1. The molecule has 2 aromatic carbocycles. The van der Waals surface area contributed by atoms with Crippen LogP contribution < -0.4 is 20.8 Å². The van der Waals surface area contributed by atoms with Crippen molar-refractivity contribution in [2.75, 3.05) is 11.4 Å². The van der Waals surface area contributed by atoms with Gasteiger partial charge in [0.2, 0.25) is 17.1 Å². The molecule has 31 heavy (non-hydrogen) atoms. The van der Waals surface area contributed by atoms with Gasteiger partial charge in [-0.15, -0.1) is 0 Å². The van der Waals surface area contributed by atoms with E-state index in [0.29, 0.717) is 13.1 Å². The molecule has 2 aliphatic heterocycles. The summed E-state index contributed by atoms with van der Waals surface area (Å²) in [6.07, 6.45) is 0. The van der Waals surface area contributed by atoms with Gasteiger partial charge in [0, 0.05) is 24.8 Å². The fourth-order valence-corrected chi connectivity index (χ4v) is 4.54. The van der Waals surface area contributed by atoms with Crippen molar-refractivity contribution in [2.45, 2.75) is 18.6 Å². The van der Waals surface area contributed by atoms with Crippen molar-refractivity contribution in [2.24, 2.45) is 5.73 Å². The minimum atomic E-state index is -1.12. The SMILES string of the molecule is N#CC1=C(N)Oc2c(oc(CO)cc2=O)C12CN(Cc1ccccc1)c1ccccc12. The van der Waals surface area contributed by atoms with Gasteiger partial charge in [0.1, 0.15) is 29.4 Å². The lowest BCUT2D eigenvalue weighted by molar-refractivity contribution is 0.223.